The monoisotopic (exact) mass is 221 g/mol. The van der Waals surface area contributed by atoms with E-state index in [1.165, 1.54) is 7.05 Å². The fourth-order valence-corrected chi connectivity index (χ4v) is 1.24. The number of aliphatic hydroxyl groups is 1. The predicted molar refractivity (Wildman–Crippen MR) is 45.5 cm³/mol. The summed E-state index contributed by atoms with van der Waals surface area (Å²) in [6.07, 6.45) is -0.103. The van der Waals surface area contributed by atoms with E-state index >= 15 is 0 Å². The number of nitro groups is 1. The van der Waals surface area contributed by atoms with Crippen LogP contribution in [-0.4, -0.2) is 26.4 Å². The Labute approximate surface area is 83.3 Å². The van der Waals surface area contributed by atoms with E-state index in [9.17, 15) is 18.9 Å². The Morgan fingerprint density at radius 1 is 1.73 bits per heavy atom. The molecule has 0 spiro atoms. The Morgan fingerprint density at radius 2 is 2.33 bits per heavy atom. The zero-order valence-corrected chi connectivity index (χ0v) is 7.85. The van der Waals surface area contributed by atoms with Gasteiger partial charge in [-0.3, -0.25) is 14.8 Å². The standard InChI is InChI=1S/C7H9F2N3O3/c1-11-6(7(8,9)2-3-13)5(4-10-11)12(14)15/h4,13H,2-3H2,1H3. The second-order valence-electron chi connectivity index (χ2n) is 2.94. The summed E-state index contributed by atoms with van der Waals surface area (Å²) < 4.78 is 27.4. The number of rotatable bonds is 4. The molecule has 0 atom stereocenters. The number of halogens is 2. The number of aliphatic hydroxyl groups excluding tert-OH is 1. The van der Waals surface area contributed by atoms with Crippen molar-refractivity contribution < 1.29 is 18.8 Å². The first-order valence-electron chi connectivity index (χ1n) is 4.05. The summed E-state index contributed by atoms with van der Waals surface area (Å²) in [5.74, 6) is -3.46. The van der Waals surface area contributed by atoms with E-state index in [1.807, 2.05) is 0 Å². The van der Waals surface area contributed by atoms with Gasteiger partial charge in [0.05, 0.1) is 4.92 Å². The summed E-state index contributed by atoms with van der Waals surface area (Å²) in [6, 6.07) is 0. The molecule has 0 bridgehead atoms. The molecule has 0 aliphatic heterocycles. The van der Waals surface area contributed by atoms with E-state index < -0.39 is 35.3 Å². The SMILES string of the molecule is Cn1ncc([N+](=O)[O-])c1C(F)(F)CCO. The molecule has 1 aromatic heterocycles. The van der Waals surface area contributed by atoms with Gasteiger partial charge < -0.3 is 5.11 Å². The van der Waals surface area contributed by atoms with Gasteiger partial charge in [0, 0.05) is 20.1 Å². The van der Waals surface area contributed by atoms with Gasteiger partial charge in [0.2, 0.25) is 0 Å². The van der Waals surface area contributed by atoms with Crippen molar-refractivity contribution in [3.8, 4) is 0 Å². The van der Waals surface area contributed by atoms with E-state index in [0.717, 1.165) is 10.9 Å². The van der Waals surface area contributed by atoms with Gasteiger partial charge in [0.1, 0.15) is 6.20 Å². The third-order valence-corrected chi connectivity index (χ3v) is 1.89. The highest BCUT2D eigenvalue weighted by Gasteiger charge is 2.41. The summed E-state index contributed by atoms with van der Waals surface area (Å²) in [4.78, 5) is 9.52. The van der Waals surface area contributed by atoms with Gasteiger partial charge >= 0.3 is 5.69 Å². The maximum absolute atomic E-state index is 13.3. The number of aromatic nitrogens is 2. The molecule has 1 N–H and O–H groups in total. The minimum absolute atomic E-state index is 0.740. The average molecular weight is 221 g/mol. The van der Waals surface area contributed by atoms with Crippen LogP contribution in [0.2, 0.25) is 0 Å². The molecule has 8 heteroatoms. The number of alkyl halides is 2. The van der Waals surface area contributed by atoms with Crippen LogP contribution in [-0.2, 0) is 13.0 Å². The van der Waals surface area contributed by atoms with Crippen molar-refractivity contribution in [1.29, 1.82) is 0 Å². The van der Waals surface area contributed by atoms with Crippen LogP contribution in [0.4, 0.5) is 14.5 Å². The Balaban J connectivity index is 3.22. The van der Waals surface area contributed by atoms with Crippen molar-refractivity contribution in [2.24, 2.45) is 7.05 Å². The van der Waals surface area contributed by atoms with Gasteiger partial charge in [0.25, 0.3) is 5.92 Å². The predicted octanol–water partition coefficient (Wildman–Crippen LogP) is 0.802. The molecule has 1 aromatic rings. The smallest absolute Gasteiger partial charge is 0.316 e. The van der Waals surface area contributed by atoms with Crippen molar-refractivity contribution in [3.05, 3.63) is 22.0 Å². The van der Waals surface area contributed by atoms with E-state index in [0.29, 0.717) is 0 Å². The van der Waals surface area contributed by atoms with Crippen LogP contribution in [0.5, 0.6) is 0 Å². The van der Waals surface area contributed by atoms with Gasteiger partial charge in [-0.25, -0.2) is 0 Å². The second-order valence-corrected chi connectivity index (χ2v) is 2.94. The molecule has 0 saturated heterocycles. The van der Waals surface area contributed by atoms with E-state index in [4.69, 9.17) is 5.11 Å². The van der Waals surface area contributed by atoms with Crippen molar-refractivity contribution in [2.45, 2.75) is 12.3 Å². The molecule has 0 aliphatic carbocycles. The minimum Gasteiger partial charge on any atom is -0.396 e. The maximum atomic E-state index is 13.3. The highest BCUT2D eigenvalue weighted by Crippen LogP contribution is 2.36. The Bertz CT molecular complexity index is 378. The third-order valence-electron chi connectivity index (χ3n) is 1.89. The van der Waals surface area contributed by atoms with Crippen molar-refractivity contribution in [1.82, 2.24) is 9.78 Å². The van der Waals surface area contributed by atoms with Crippen molar-refractivity contribution >= 4 is 5.69 Å². The molecule has 0 unspecified atom stereocenters. The summed E-state index contributed by atoms with van der Waals surface area (Å²) in [5.41, 5.74) is -1.53. The highest BCUT2D eigenvalue weighted by atomic mass is 19.3. The zero-order valence-electron chi connectivity index (χ0n) is 7.85. The number of hydrogen-bond donors (Lipinski definition) is 1. The fourth-order valence-electron chi connectivity index (χ4n) is 1.24. The molecule has 15 heavy (non-hydrogen) atoms. The molecule has 1 heterocycles. The lowest BCUT2D eigenvalue weighted by atomic mass is 10.1. The van der Waals surface area contributed by atoms with E-state index in [2.05, 4.69) is 5.10 Å². The summed E-state index contributed by atoms with van der Waals surface area (Å²) in [5, 5.41) is 22.3. The molecule has 0 fully saturated rings. The molecule has 0 aromatic carbocycles. The van der Waals surface area contributed by atoms with Crippen LogP contribution in [0.1, 0.15) is 12.1 Å². The van der Waals surface area contributed by atoms with Gasteiger partial charge in [-0.05, 0) is 0 Å². The summed E-state index contributed by atoms with van der Waals surface area (Å²) >= 11 is 0. The number of aryl methyl sites for hydroxylation is 1. The van der Waals surface area contributed by atoms with Gasteiger partial charge in [-0.15, -0.1) is 0 Å². The van der Waals surface area contributed by atoms with Crippen LogP contribution >= 0.6 is 0 Å². The molecule has 0 saturated carbocycles. The zero-order chi connectivity index (χ0) is 11.6. The summed E-state index contributed by atoms with van der Waals surface area (Å²) in [6.45, 7) is -0.755. The molecule has 0 amide bonds. The van der Waals surface area contributed by atoms with Crippen molar-refractivity contribution in [3.63, 3.8) is 0 Å². The van der Waals surface area contributed by atoms with Crippen LogP contribution in [0.3, 0.4) is 0 Å². The quantitative estimate of drug-likeness (QED) is 0.602. The first-order valence-corrected chi connectivity index (χ1v) is 4.05. The van der Waals surface area contributed by atoms with Crippen LogP contribution in [0.15, 0.2) is 6.20 Å². The first kappa shape index (κ1) is 11.5. The Hall–Kier alpha value is -1.57. The van der Waals surface area contributed by atoms with Crippen molar-refractivity contribution in [2.75, 3.05) is 6.61 Å². The number of hydrogen-bond acceptors (Lipinski definition) is 4. The van der Waals surface area contributed by atoms with Gasteiger partial charge in [0.15, 0.2) is 5.69 Å². The fraction of sp³-hybridized carbons (Fsp3) is 0.571. The molecule has 0 aliphatic rings. The highest BCUT2D eigenvalue weighted by molar-refractivity contribution is 5.36. The molecule has 84 valence electrons. The molecule has 0 radical (unpaired) electrons. The summed E-state index contributed by atoms with van der Waals surface area (Å²) in [7, 11) is 1.19. The Kier molecular flexibility index (Phi) is 2.98. The number of nitrogens with zero attached hydrogens (tertiary/aromatic N) is 3. The van der Waals surface area contributed by atoms with Gasteiger partial charge in [-0.2, -0.15) is 13.9 Å². The molecular formula is C7H9F2N3O3. The lowest BCUT2D eigenvalue weighted by Crippen LogP contribution is -2.20. The second kappa shape index (κ2) is 3.89. The third kappa shape index (κ3) is 2.09. The topological polar surface area (TPSA) is 81.2 Å². The lowest BCUT2D eigenvalue weighted by Gasteiger charge is -2.14. The normalized spacial score (nSPS) is 11.7. The maximum Gasteiger partial charge on any atom is 0.316 e. The largest absolute Gasteiger partial charge is 0.396 e. The molecule has 6 nitrogen and oxygen atoms in total. The lowest BCUT2D eigenvalue weighted by molar-refractivity contribution is -0.387. The molecular weight excluding hydrogens is 212 g/mol. The minimum atomic E-state index is -3.46. The van der Waals surface area contributed by atoms with Crippen LogP contribution < -0.4 is 0 Å². The van der Waals surface area contributed by atoms with E-state index in [1.54, 1.807) is 0 Å². The first-order chi connectivity index (χ1) is 6.90. The molecule has 1 rings (SSSR count). The van der Waals surface area contributed by atoms with Gasteiger partial charge in [-0.1, -0.05) is 0 Å². The van der Waals surface area contributed by atoms with Crippen LogP contribution in [0.25, 0.3) is 0 Å². The average Bonchev–Trinajstić information content (AvgIpc) is 2.47. The van der Waals surface area contributed by atoms with Crippen LogP contribution in [0, 0.1) is 10.1 Å². The van der Waals surface area contributed by atoms with E-state index in [-0.39, 0.29) is 0 Å². The Morgan fingerprint density at radius 3 is 2.80 bits per heavy atom.